The van der Waals surface area contributed by atoms with Gasteiger partial charge in [0.15, 0.2) is 11.9 Å². The van der Waals surface area contributed by atoms with Crippen molar-refractivity contribution in [2.24, 2.45) is 23.7 Å². The third-order valence-electron chi connectivity index (χ3n) is 9.12. The minimum atomic E-state index is -0.849. The molecule has 0 unspecified atom stereocenters. The summed E-state index contributed by atoms with van der Waals surface area (Å²) in [5.74, 6) is -0.361. The number of benzene rings is 2. The Morgan fingerprint density at radius 2 is 1.61 bits per heavy atom. The van der Waals surface area contributed by atoms with E-state index in [2.05, 4.69) is 38.1 Å². The highest BCUT2D eigenvalue weighted by molar-refractivity contribution is 5.71. The van der Waals surface area contributed by atoms with Crippen LogP contribution in [0.2, 0.25) is 0 Å². The predicted molar refractivity (Wildman–Crippen MR) is 132 cm³/mol. The quantitative estimate of drug-likeness (QED) is 0.379. The summed E-state index contributed by atoms with van der Waals surface area (Å²) in [7, 11) is 0. The molecule has 4 aliphatic heterocycles. The molecule has 2 aromatic rings. The molecule has 1 aliphatic carbocycles. The van der Waals surface area contributed by atoms with E-state index in [1.54, 1.807) is 0 Å². The first-order valence-corrected chi connectivity index (χ1v) is 13.4. The van der Waals surface area contributed by atoms with Gasteiger partial charge in [-0.1, -0.05) is 74.5 Å². The summed E-state index contributed by atoms with van der Waals surface area (Å²) in [5, 5.41) is 0. The molecule has 0 aromatic heterocycles. The molecule has 5 fully saturated rings. The summed E-state index contributed by atoms with van der Waals surface area (Å²) in [6, 6.07) is 20.2. The van der Waals surface area contributed by atoms with Crippen LogP contribution in [-0.4, -0.2) is 29.9 Å². The van der Waals surface area contributed by atoms with Gasteiger partial charge in [0.05, 0.1) is 6.42 Å². The fourth-order valence-corrected chi connectivity index (χ4v) is 7.15. The van der Waals surface area contributed by atoms with Crippen LogP contribution in [-0.2, 0) is 28.8 Å². The van der Waals surface area contributed by atoms with E-state index >= 15 is 0 Å². The lowest BCUT2D eigenvalue weighted by molar-refractivity contribution is -0.576. The Labute approximate surface area is 213 Å². The minimum Gasteiger partial charge on any atom is -0.435 e. The zero-order valence-corrected chi connectivity index (χ0v) is 21.3. The van der Waals surface area contributed by atoms with Gasteiger partial charge in [0.25, 0.3) is 0 Å². The number of esters is 1. The second-order valence-corrected chi connectivity index (χ2v) is 11.3. The van der Waals surface area contributed by atoms with Crippen molar-refractivity contribution in [3.63, 3.8) is 0 Å². The average Bonchev–Trinajstić information content (AvgIpc) is 3.12. The fourth-order valence-electron chi connectivity index (χ4n) is 7.15. The molecule has 5 aliphatic rings. The number of carbonyl (C=O) groups excluding carboxylic acids is 1. The van der Waals surface area contributed by atoms with E-state index in [1.165, 1.54) is 0 Å². The summed E-state index contributed by atoms with van der Waals surface area (Å²) in [6.45, 7) is 6.30. The maximum absolute atomic E-state index is 13.4. The van der Waals surface area contributed by atoms with E-state index in [-0.39, 0.29) is 36.1 Å². The summed E-state index contributed by atoms with van der Waals surface area (Å²) in [6.07, 6.45) is 2.73. The molecule has 4 saturated heterocycles. The lowest BCUT2D eigenvalue weighted by Crippen LogP contribution is -2.70. The summed E-state index contributed by atoms with van der Waals surface area (Å²) >= 11 is 0. The first kappa shape index (κ1) is 24.1. The van der Waals surface area contributed by atoms with Crippen molar-refractivity contribution in [2.45, 2.75) is 82.8 Å². The smallest absolute Gasteiger partial charge is 0.309 e. The molecule has 6 heteroatoms. The van der Waals surface area contributed by atoms with Crippen LogP contribution >= 0.6 is 0 Å². The van der Waals surface area contributed by atoms with Gasteiger partial charge in [-0.2, -0.15) is 0 Å². The van der Waals surface area contributed by atoms with Crippen molar-refractivity contribution in [1.29, 1.82) is 0 Å². The standard InChI is InChI=1S/C30H36O6/c1-19-14-15-25-20(2)27(33-28-30(25)24(19)16-17-29(3,34-28)35-36-30)32-26(31)18-23(21-10-6-4-7-11-21)22-12-8-5-9-13-22/h4-13,19-20,23-25,27-28H,14-18H2,1-3H3/t19-,20-,24+,25+,27-,28-,29-,30-/m1/s1. The van der Waals surface area contributed by atoms with Gasteiger partial charge >= 0.3 is 5.97 Å². The second kappa shape index (κ2) is 9.25. The van der Waals surface area contributed by atoms with Gasteiger partial charge in [-0.05, 0) is 49.1 Å². The molecule has 1 spiro atoms. The van der Waals surface area contributed by atoms with Crippen LogP contribution in [0.1, 0.15) is 69.9 Å². The predicted octanol–water partition coefficient (Wildman–Crippen LogP) is 5.96. The molecule has 0 radical (unpaired) electrons. The highest BCUT2D eigenvalue weighted by Crippen LogP contribution is 2.60. The average molecular weight is 493 g/mol. The van der Waals surface area contributed by atoms with E-state index in [1.807, 2.05) is 43.3 Å². The highest BCUT2D eigenvalue weighted by Gasteiger charge is 2.69. The SMILES string of the molecule is C[C@H]1[C@H](OC(=O)CC(c2ccccc2)c2ccccc2)O[C@@H]2O[C@@]3(C)CC[C@H]4[C@H](C)CC[C@@H]1[C@@]24OO3. The molecule has 1 saturated carbocycles. The Hall–Kier alpha value is -2.25. The largest absolute Gasteiger partial charge is 0.435 e. The van der Waals surface area contributed by atoms with E-state index in [0.717, 1.165) is 36.8 Å². The fraction of sp³-hybridized carbons (Fsp3) is 0.567. The molecule has 8 atom stereocenters. The van der Waals surface area contributed by atoms with Gasteiger partial charge in [0.1, 0.15) is 0 Å². The third kappa shape index (κ3) is 3.99. The molecule has 2 aromatic carbocycles. The van der Waals surface area contributed by atoms with E-state index in [4.69, 9.17) is 24.0 Å². The number of rotatable bonds is 5. The summed E-state index contributed by atoms with van der Waals surface area (Å²) in [4.78, 5) is 25.5. The molecule has 6 nitrogen and oxygen atoms in total. The lowest BCUT2D eigenvalue weighted by Gasteiger charge is -2.59. The molecule has 0 amide bonds. The van der Waals surface area contributed by atoms with Crippen molar-refractivity contribution in [3.05, 3.63) is 71.8 Å². The second-order valence-electron chi connectivity index (χ2n) is 11.3. The number of ether oxygens (including phenoxy) is 3. The molecule has 0 N–H and O–H groups in total. The van der Waals surface area contributed by atoms with Crippen molar-refractivity contribution >= 4 is 5.97 Å². The summed E-state index contributed by atoms with van der Waals surface area (Å²) in [5.41, 5.74) is 1.51. The number of hydrogen-bond donors (Lipinski definition) is 0. The van der Waals surface area contributed by atoms with Crippen molar-refractivity contribution in [1.82, 2.24) is 0 Å². The third-order valence-corrected chi connectivity index (χ3v) is 9.12. The van der Waals surface area contributed by atoms with Crippen molar-refractivity contribution in [2.75, 3.05) is 0 Å². The van der Waals surface area contributed by atoms with Crippen molar-refractivity contribution < 1.29 is 28.8 Å². The zero-order chi connectivity index (χ0) is 24.9. The Morgan fingerprint density at radius 1 is 0.944 bits per heavy atom. The molecule has 7 rings (SSSR count). The number of carbonyl (C=O) groups is 1. The number of hydrogen-bond acceptors (Lipinski definition) is 6. The minimum absolute atomic E-state index is 0.0400. The molecule has 192 valence electrons. The molecular formula is C30H36O6. The van der Waals surface area contributed by atoms with Crippen LogP contribution in [0.3, 0.4) is 0 Å². The lowest BCUT2D eigenvalue weighted by atomic mass is 9.58. The van der Waals surface area contributed by atoms with Crippen LogP contribution in [0.4, 0.5) is 0 Å². The Kier molecular flexibility index (Phi) is 6.19. The first-order chi connectivity index (χ1) is 17.4. The van der Waals surface area contributed by atoms with Gasteiger partial charge in [-0.15, -0.1) is 0 Å². The van der Waals surface area contributed by atoms with E-state index in [0.29, 0.717) is 5.92 Å². The zero-order valence-electron chi connectivity index (χ0n) is 21.3. The van der Waals surface area contributed by atoms with Crippen LogP contribution < -0.4 is 0 Å². The Balaban J connectivity index is 1.24. The molecule has 2 bridgehead atoms. The van der Waals surface area contributed by atoms with Crippen LogP contribution in [0.15, 0.2) is 60.7 Å². The molecular weight excluding hydrogens is 456 g/mol. The maximum Gasteiger partial charge on any atom is 0.309 e. The van der Waals surface area contributed by atoms with Gasteiger partial charge in [-0.3, -0.25) is 4.79 Å². The van der Waals surface area contributed by atoms with Crippen LogP contribution in [0, 0.1) is 23.7 Å². The molecule has 4 heterocycles. The first-order valence-electron chi connectivity index (χ1n) is 13.4. The van der Waals surface area contributed by atoms with Gasteiger partial charge in [0, 0.05) is 24.2 Å². The van der Waals surface area contributed by atoms with Gasteiger partial charge in [0.2, 0.25) is 12.1 Å². The molecule has 36 heavy (non-hydrogen) atoms. The number of fused-ring (bicyclic) bond motifs is 2. The van der Waals surface area contributed by atoms with Gasteiger partial charge < -0.3 is 14.2 Å². The van der Waals surface area contributed by atoms with Crippen LogP contribution in [0.25, 0.3) is 0 Å². The van der Waals surface area contributed by atoms with E-state index in [9.17, 15) is 4.79 Å². The van der Waals surface area contributed by atoms with Crippen LogP contribution in [0.5, 0.6) is 0 Å². The monoisotopic (exact) mass is 492 g/mol. The Morgan fingerprint density at radius 3 is 2.28 bits per heavy atom. The summed E-state index contributed by atoms with van der Waals surface area (Å²) < 4.78 is 18.9. The van der Waals surface area contributed by atoms with E-state index < -0.39 is 24.0 Å². The topological polar surface area (TPSA) is 63.2 Å². The normalized spacial score (nSPS) is 39.3. The van der Waals surface area contributed by atoms with Crippen molar-refractivity contribution in [3.8, 4) is 0 Å². The van der Waals surface area contributed by atoms with Gasteiger partial charge in [-0.25, -0.2) is 9.78 Å². The highest BCUT2D eigenvalue weighted by atomic mass is 17.3. The Bertz CT molecular complexity index is 1040. The maximum atomic E-state index is 13.4.